The van der Waals surface area contributed by atoms with E-state index >= 15 is 0 Å². The number of carbonyl (C=O) groups is 2. The number of pyridine rings is 1. The molecular formula is C15H18N2O3. The molecule has 0 N–H and O–H groups in total. The Morgan fingerprint density at radius 2 is 2.05 bits per heavy atom. The number of carbonyl (C=O) groups excluding carboxylic acids is 2. The third-order valence-electron chi connectivity index (χ3n) is 3.27. The summed E-state index contributed by atoms with van der Waals surface area (Å²) in [6.45, 7) is 1.85. The van der Waals surface area contributed by atoms with Gasteiger partial charge in [0.05, 0.1) is 19.2 Å². The fourth-order valence-corrected chi connectivity index (χ4v) is 2.18. The van der Waals surface area contributed by atoms with Crippen molar-refractivity contribution >= 4 is 17.2 Å². The normalized spacial score (nSPS) is 10.6. The van der Waals surface area contributed by atoms with E-state index < -0.39 is 0 Å². The second-order valence-electron chi connectivity index (χ2n) is 4.59. The minimum Gasteiger partial charge on any atom is -0.495 e. The van der Waals surface area contributed by atoms with Crippen molar-refractivity contribution in [3.8, 4) is 5.75 Å². The molecule has 0 atom stereocenters. The zero-order valence-corrected chi connectivity index (χ0v) is 11.9. The minimum atomic E-state index is -0.0960. The molecule has 2 rings (SSSR count). The lowest BCUT2D eigenvalue weighted by Gasteiger charge is -2.15. The van der Waals surface area contributed by atoms with Gasteiger partial charge in [-0.2, -0.15) is 0 Å². The van der Waals surface area contributed by atoms with Crippen molar-refractivity contribution in [3.63, 3.8) is 0 Å². The summed E-state index contributed by atoms with van der Waals surface area (Å²) >= 11 is 0. The molecule has 0 saturated heterocycles. The van der Waals surface area contributed by atoms with Crippen LogP contribution in [0.15, 0.2) is 30.6 Å². The van der Waals surface area contributed by atoms with Crippen LogP contribution < -0.4 is 4.74 Å². The number of ketones is 1. The van der Waals surface area contributed by atoms with Gasteiger partial charge in [0, 0.05) is 31.4 Å². The molecule has 2 heterocycles. The fraction of sp³-hybridized carbons (Fsp3) is 0.333. The van der Waals surface area contributed by atoms with Crippen molar-refractivity contribution in [2.45, 2.75) is 13.3 Å². The number of nitrogens with zero attached hydrogens (tertiary/aromatic N) is 2. The second-order valence-corrected chi connectivity index (χ2v) is 4.59. The number of Topliss-reactive ketones (excluding diaryl/α,β-unsaturated/α-hetero) is 1. The van der Waals surface area contributed by atoms with Gasteiger partial charge in [-0.1, -0.05) is 6.92 Å². The van der Waals surface area contributed by atoms with Gasteiger partial charge in [-0.15, -0.1) is 0 Å². The lowest BCUT2D eigenvalue weighted by atomic mass is 10.1. The molecule has 0 aliphatic rings. The van der Waals surface area contributed by atoms with E-state index in [0.29, 0.717) is 17.7 Å². The fourth-order valence-electron chi connectivity index (χ4n) is 2.18. The van der Waals surface area contributed by atoms with E-state index in [1.54, 1.807) is 27.1 Å². The third-order valence-corrected chi connectivity index (χ3v) is 3.27. The second kappa shape index (κ2) is 5.77. The van der Waals surface area contributed by atoms with Crippen molar-refractivity contribution in [2.75, 3.05) is 20.7 Å². The van der Waals surface area contributed by atoms with Gasteiger partial charge in [0.2, 0.25) is 5.91 Å². The van der Waals surface area contributed by atoms with Crippen molar-refractivity contribution in [3.05, 3.63) is 36.2 Å². The Morgan fingerprint density at radius 3 is 2.70 bits per heavy atom. The van der Waals surface area contributed by atoms with Crippen LogP contribution in [0.1, 0.15) is 23.7 Å². The number of methoxy groups -OCH3 is 1. The van der Waals surface area contributed by atoms with E-state index in [4.69, 9.17) is 4.74 Å². The lowest BCUT2D eigenvalue weighted by molar-refractivity contribution is -0.129. The van der Waals surface area contributed by atoms with Gasteiger partial charge in [-0.05, 0) is 18.2 Å². The summed E-state index contributed by atoms with van der Waals surface area (Å²) in [4.78, 5) is 25.3. The van der Waals surface area contributed by atoms with Crippen molar-refractivity contribution < 1.29 is 14.3 Å². The Morgan fingerprint density at radius 1 is 1.30 bits per heavy atom. The van der Waals surface area contributed by atoms with Crippen LogP contribution in [-0.4, -0.2) is 41.7 Å². The number of amides is 1. The Labute approximate surface area is 117 Å². The SMILES string of the molecule is CCC(=O)N(C)CC(=O)c1ccn2cccc(OC)c12. The first-order valence-electron chi connectivity index (χ1n) is 6.49. The lowest BCUT2D eigenvalue weighted by Crippen LogP contribution is -2.31. The summed E-state index contributed by atoms with van der Waals surface area (Å²) in [5, 5.41) is 0. The van der Waals surface area contributed by atoms with Gasteiger partial charge in [0.25, 0.3) is 0 Å². The zero-order chi connectivity index (χ0) is 14.7. The predicted molar refractivity (Wildman–Crippen MR) is 76.2 cm³/mol. The molecule has 0 fully saturated rings. The summed E-state index contributed by atoms with van der Waals surface area (Å²) in [5.41, 5.74) is 1.30. The molecule has 20 heavy (non-hydrogen) atoms. The summed E-state index contributed by atoms with van der Waals surface area (Å²) < 4.78 is 7.14. The highest BCUT2D eigenvalue weighted by Gasteiger charge is 2.18. The molecule has 0 aliphatic carbocycles. The Kier molecular flexibility index (Phi) is 4.08. The van der Waals surface area contributed by atoms with E-state index in [9.17, 15) is 9.59 Å². The summed E-state index contributed by atoms with van der Waals surface area (Å²) in [6.07, 6.45) is 4.06. The molecule has 1 amide bonds. The smallest absolute Gasteiger partial charge is 0.222 e. The maximum Gasteiger partial charge on any atom is 0.222 e. The van der Waals surface area contributed by atoms with Gasteiger partial charge < -0.3 is 14.0 Å². The number of hydrogen-bond acceptors (Lipinski definition) is 3. The number of ether oxygens (including phenoxy) is 1. The molecule has 0 spiro atoms. The van der Waals surface area contributed by atoms with E-state index in [1.807, 2.05) is 28.9 Å². The number of fused-ring (bicyclic) bond motifs is 1. The third kappa shape index (κ3) is 2.52. The summed E-state index contributed by atoms with van der Waals surface area (Å²) in [6, 6.07) is 5.42. The van der Waals surface area contributed by atoms with Crippen LogP contribution in [0.4, 0.5) is 0 Å². The molecule has 106 valence electrons. The molecule has 0 saturated carbocycles. The van der Waals surface area contributed by atoms with Gasteiger partial charge in [-0.25, -0.2) is 0 Å². The number of aromatic nitrogens is 1. The Balaban J connectivity index is 2.33. The molecule has 0 radical (unpaired) electrons. The molecule has 0 bridgehead atoms. The Hall–Kier alpha value is -2.30. The maximum atomic E-state index is 12.4. The quantitative estimate of drug-likeness (QED) is 0.784. The molecule has 2 aromatic rings. The van der Waals surface area contributed by atoms with Crippen LogP contribution in [0.2, 0.25) is 0 Å². The molecule has 0 unspecified atom stereocenters. The summed E-state index contributed by atoms with van der Waals surface area (Å²) in [7, 11) is 3.21. The minimum absolute atomic E-state index is 0.0474. The van der Waals surface area contributed by atoms with Crippen LogP contribution in [0.5, 0.6) is 5.75 Å². The highest BCUT2D eigenvalue weighted by atomic mass is 16.5. The first-order chi connectivity index (χ1) is 9.58. The molecule has 0 aliphatic heterocycles. The first kappa shape index (κ1) is 14.1. The molecule has 5 heteroatoms. The van der Waals surface area contributed by atoms with Crippen LogP contribution in [0.3, 0.4) is 0 Å². The van der Waals surface area contributed by atoms with Crippen LogP contribution in [0, 0.1) is 0 Å². The van der Waals surface area contributed by atoms with Gasteiger partial charge >= 0.3 is 0 Å². The highest BCUT2D eigenvalue weighted by molar-refractivity contribution is 6.06. The van der Waals surface area contributed by atoms with E-state index in [1.165, 1.54) is 4.90 Å². The standard InChI is InChI=1S/C15H18N2O3/c1-4-14(19)16(2)10-12(18)11-7-9-17-8-5-6-13(20-3)15(11)17/h5-9H,4,10H2,1-3H3. The van der Waals surface area contributed by atoms with Crippen LogP contribution >= 0.6 is 0 Å². The van der Waals surface area contributed by atoms with Crippen LogP contribution in [0.25, 0.3) is 5.52 Å². The summed E-state index contributed by atoms with van der Waals surface area (Å²) in [5.74, 6) is 0.500. The van der Waals surface area contributed by atoms with Gasteiger partial charge in [0.15, 0.2) is 5.78 Å². The zero-order valence-electron chi connectivity index (χ0n) is 11.9. The van der Waals surface area contributed by atoms with Crippen molar-refractivity contribution in [2.24, 2.45) is 0 Å². The molecule has 2 aromatic heterocycles. The molecule has 0 aromatic carbocycles. The molecular weight excluding hydrogens is 256 g/mol. The topological polar surface area (TPSA) is 51.0 Å². The number of rotatable bonds is 5. The average Bonchev–Trinajstić information content (AvgIpc) is 2.90. The highest BCUT2D eigenvalue weighted by Crippen LogP contribution is 2.24. The van der Waals surface area contributed by atoms with E-state index in [0.717, 1.165) is 5.52 Å². The maximum absolute atomic E-state index is 12.4. The van der Waals surface area contributed by atoms with Gasteiger partial charge in [0.1, 0.15) is 5.75 Å². The number of likely N-dealkylation sites (N-methyl/N-ethyl adjacent to an activating group) is 1. The van der Waals surface area contributed by atoms with Crippen molar-refractivity contribution in [1.29, 1.82) is 0 Å². The average molecular weight is 274 g/mol. The largest absolute Gasteiger partial charge is 0.495 e. The van der Waals surface area contributed by atoms with Gasteiger partial charge in [-0.3, -0.25) is 9.59 Å². The first-order valence-corrected chi connectivity index (χ1v) is 6.49. The van der Waals surface area contributed by atoms with E-state index in [2.05, 4.69) is 0 Å². The van der Waals surface area contributed by atoms with E-state index in [-0.39, 0.29) is 18.2 Å². The monoisotopic (exact) mass is 274 g/mol. The van der Waals surface area contributed by atoms with Crippen molar-refractivity contribution in [1.82, 2.24) is 9.30 Å². The van der Waals surface area contributed by atoms with Crippen LogP contribution in [-0.2, 0) is 4.79 Å². The predicted octanol–water partition coefficient (Wildman–Crippen LogP) is 2.00. The Bertz CT molecular complexity index is 646. The molecule has 5 nitrogen and oxygen atoms in total. The number of hydrogen-bond donors (Lipinski definition) is 0.